The zero-order valence-electron chi connectivity index (χ0n) is 9.57. The van der Waals surface area contributed by atoms with E-state index in [1.165, 1.54) is 6.08 Å². The standard InChI is InChI=1S/C12H8N4O3/c17-9(7-4-2-1-3-5-7)6-8-12(18)14-11-10(13-8)15-19-16-11/h1-6,17H,(H,14,16,18). The Bertz CT molecular complexity index is 804. The molecule has 0 saturated carbocycles. The fraction of sp³-hybridized carbons (Fsp3) is 0. The highest BCUT2D eigenvalue weighted by molar-refractivity contribution is 5.76. The van der Waals surface area contributed by atoms with Crippen molar-refractivity contribution in [2.75, 3.05) is 0 Å². The first-order valence-corrected chi connectivity index (χ1v) is 5.43. The van der Waals surface area contributed by atoms with Gasteiger partial charge in [-0.3, -0.25) is 9.78 Å². The predicted molar refractivity (Wildman–Crippen MR) is 67.2 cm³/mol. The third kappa shape index (κ3) is 2.08. The second kappa shape index (κ2) is 4.37. The Morgan fingerprint density at radius 2 is 2.05 bits per heavy atom. The van der Waals surface area contributed by atoms with Crippen molar-refractivity contribution in [2.45, 2.75) is 0 Å². The Balaban J connectivity index is 2.09. The Morgan fingerprint density at radius 3 is 2.84 bits per heavy atom. The van der Waals surface area contributed by atoms with Crippen LogP contribution in [0.3, 0.4) is 0 Å². The average Bonchev–Trinajstić information content (AvgIpc) is 2.87. The van der Waals surface area contributed by atoms with Gasteiger partial charge in [0.1, 0.15) is 11.5 Å². The van der Waals surface area contributed by atoms with E-state index in [-0.39, 0.29) is 22.7 Å². The first-order chi connectivity index (χ1) is 9.24. The molecule has 0 radical (unpaired) electrons. The molecule has 0 aliphatic heterocycles. The maximum Gasteiger partial charge on any atom is 0.275 e. The van der Waals surface area contributed by atoms with Crippen LogP contribution in [0.2, 0.25) is 0 Å². The second-order valence-electron chi connectivity index (χ2n) is 3.78. The van der Waals surface area contributed by atoms with Crippen molar-refractivity contribution >= 4 is 23.1 Å². The SMILES string of the molecule is O=c1[nH]c2nonc2nc1C=C(O)c1ccccc1. The maximum absolute atomic E-state index is 11.7. The van der Waals surface area contributed by atoms with E-state index in [1.807, 2.05) is 6.07 Å². The first-order valence-electron chi connectivity index (χ1n) is 5.43. The van der Waals surface area contributed by atoms with E-state index < -0.39 is 5.56 Å². The highest BCUT2D eigenvalue weighted by Crippen LogP contribution is 2.13. The third-order valence-electron chi connectivity index (χ3n) is 2.51. The van der Waals surface area contributed by atoms with Crippen LogP contribution >= 0.6 is 0 Å². The summed E-state index contributed by atoms with van der Waals surface area (Å²) < 4.78 is 4.45. The van der Waals surface area contributed by atoms with E-state index in [0.717, 1.165) is 0 Å². The van der Waals surface area contributed by atoms with E-state index in [9.17, 15) is 9.90 Å². The molecular formula is C12H8N4O3. The summed E-state index contributed by atoms with van der Waals surface area (Å²) in [5, 5.41) is 16.9. The lowest BCUT2D eigenvalue weighted by Gasteiger charge is -1.99. The van der Waals surface area contributed by atoms with Gasteiger partial charge in [0.2, 0.25) is 11.3 Å². The molecule has 0 bridgehead atoms. The third-order valence-corrected chi connectivity index (χ3v) is 2.51. The monoisotopic (exact) mass is 256 g/mol. The Hall–Kier alpha value is -2.96. The van der Waals surface area contributed by atoms with Crippen LogP contribution in [0.1, 0.15) is 11.3 Å². The number of benzene rings is 1. The summed E-state index contributed by atoms with van der Waals surface area (Å²) in [5.74, 6) is -0.0607. The molecule has 2 aromatic heterocycles. The van der Waals surface area contributed by atoms with Crippen LogP contribution in [0.15, 0.2) is 39.8 Å². The zero-order chi connectivity index (χ0) is 13.2. The lowest BCUT2D eigenvalue weighted by atomic mass is 10.1. The van der Waals surface area contributed by atoms with Gasteiger partial charge in [0.25, 0.3) is 5.56 Å². The fourth-order valence-electron chi connectivity index (χ4n) is 1.59. The molecule has 19 heavy (non-hydrogen) atoms. The summed E-state index contributed by atoms with van der Waals surface area (Å²) in [4.78, 5) is 18.1. The van der Waals surface area contributed by atoms with Gasteiger partial charge in [-0.1, -0.05) is 30.3 Å². The lowest BCUT2D eigenvalue weighted by Crippen LogP contribution is -2.12. The molecular weight excluding hydrogens is 248 g/mol. The largest absolute Gasteiger partial charge is 0.507 e. The molecule has 0 aliphatic rings. The minimum absolute atomic E-state index is 0.0320. The predicted octanol–water partition coefficient (Wildman–Crippen LogP) is 1.36. The highest BCUT2D eigenvalue weighted by Gasteiger charge is 2.08. The smallest absolute Gasteiger partial charge is 0.275 e. The Morgan fingerprint density at radius 1 is 1.26 bits per heavy atom. The number of aliphatic hydroxyl groups excluding tert-OH is 1. The summed E-state index contributed by atoms with van der Waals surface area (Å²) in [6, 6.07) is 8.82. The number of H-pyrrole nitrogens is 1. The van der Waals surface area contributed by atoms with Crippen LogP contribution in [0.4, 0.5) is 0 Å². The number of nitrogens with one attached hydrogen (secondary N) is 1. The molecule has 0 saturated heterocycles. The van der Waals surface area contributed by atoms with Crippen molar-refractivity contribution < 1.29 is 9.74 Å². The topological polar surface area (TPSA) is 105 Å². The molecule has 2 N–H and O–H groups in total. The van der Waals surface area contributed by atoms with Crippen LogP contribution in [0.25, 0.3) is 23.1 Å². The number of rotatable bonds is 2. The molecule has 0 aliphatic carbocycles. The average molecular weight is 256 g/mol. The molecule has 7 nitrogen and oxygen atoms in total. The number of fused-ring (bicyclic) bond motifs is 1. The number of aromatic nitrogens is 4. The van der Waals surface area contributed by atoms with Crippen LogP contribution in [0.5, 0.6) is 0 Å². The number of hydrogen-bond donors (Lipinski definition) is 2. The first kappa shape index (κ1) is 11.1. The second-order valence-corrected chi connectivity index (χ2v) is 3.78. The molecule has 3 rings (SSSR count). The molecule has 2 heterocycles. The van der Waals surface area contributed by atoms with Gasteiger partial charge < -0.3 is 5.11 Å². The maximum atomic E-state index is 11.7. The van der Waals surface area contributed by atoms with Gasteiger partial charge in [-0.15, -0.1) is 0 Å². The van der Waals surface area contributed by atoms with Gasteiger partial charge in [0, 0.05) is 11.6 Å². The van der Waals surface area contributed by atoms with Gasteiger partial charge in [-0.25, -0.2) is 9.61 Å². The van der Waals surface area contributed by atoms with Crippen molar-refractivity contribution in [2.24, 2.45) is 0 Å². The number of nitrogens with zero attached hydrogens (tertiary/aromatic N) is 3. The normalized spacial score (nSPS) is 11.9. The fourth-order valence-corrected chi connectivity index (χ4v) is 1.59. The van der Waals surface area contributed by atoms with E-state index in [1.54, 1.807) is 24.3 Å². The minimum atomic E-state index is -0.481. The van der Waals surface area contributed by atoms with Gasteiger partial charge in [0.05, 0.1) is 0 Å². The van der Waals surface area contributed by atoms with Gasteiger partial charge in [-0.05, 0) is 10.3 Å². The van der Waals surface area contributed by atoms with Gasteiger partial charge in [0.15, 0.2) is 0 Å². The van der Waals surface area contributed by atoms with Crippen molar-refractivity contribution in [3.8, 4) is 0 Å². The molecule has 0 spiro atoms. The van der Waals surface area contributed by atoms with E-state index in [2.05, 4.69) is 24.9 Å². The van der Waals surface area contributed by atoms with Crippen molar-refractivity contribution in [3.05, 3.63) is 51.9 Å². The quantitative estimate of drug-likeness (QED) is 0.671. The van der Waals surface area contributed by atoms with Crippen LogP contribution < -0.4 is 5.56 Å². The molecule has 0 amide bonds. The van der Waals surface area contributed by atoms with Gasteiger partial charge in [-0.2, -0.15) is 0 Å². The summed E-state index contributed by atoms with van der Waals surface area (Å²) >= 11 is 0. The molecule has 1 aromatic carbocycles. The highest BCUT2D eigenvalue weighted by atomic mass is 16.6. The number of aromatic amines is 1. The number of hydrogen-bond acceptors (Lipinski definition) is 6. The summed E-state index contributed by atoms with van der Waals surface area (Å²) in [7, 11) is 0. The molecule has 0 fully saturated rings. The summed E-state index contributed by atoms with van der Waals surface area (Å²) in [6.07, 6.45) is 1.27. The van der Waals surface area contributed by atoms with E-state index in [4.69, 9.17) is 0 Å². The lowest BCUT2D eigenvalue weighted by molar-refractivity contribution is 0.314. The molecule has 0 unspecified atom stereocenters. The molecule has 7 heteroatoms. The Kier molecular flexibility index (Phi) is 2.57. The molecule has 3 aromatic rings. The zero-order valence-corrected chi connectivity index (χ0v) is 9.57. The van der Waals surface area contributed by atoms with Crippen LogP contribution in [0, 0.1) is 0 Å². The summed E-state index contributed by atoms with van der Waals surface area (Å²) in [6.45, 7) is 0. The van der Waals surface area contributed by atoms with Crippen molar-refractivity contribution in [1.29, 1.82) is 0 Å². The van der Waals surface area contributed by atoms with Gasteiger partial charge >= 0.3 is 0 Å². The van der Waals surface area contributed by atoms with Crippen LogP contribution in [-0.4, -0.2) is 25.4 Å². The van der Waals surface area contributed by atoms with Crippen molar-refractivity contribution in [3.63, 3.8) is 0 Å². The summed E-state index contributed by atoms with van der Waals surface area (Å²) in [5.41, 5.74) is 0.477. The van der Waals surface area contributed by atoms with E-state index in [0.29, 0.717) is 5.56 Å². The number of aliphatic hydroxyl groups is 1. The Labute approximate surface area is 106 Å². The molecule has 94 valence electrons. The van der Waals surface area contributed by atoms with Crippen LogP contribution in [-0.2, 0) is 0 Å². The van der Waals surface area contributed by atoms with Crippen molar-refractivity contribution in [1.82, 2.24) is 20.3 Å². The van der Waals surface area contributed by atoms with E-state index >= 15 is 0 Å². The minimum Gasteiger partial charge on any atom is -0.507 e. The molecule has 0 atom stereocenters.